The van der Waals surface area contributed by atoms with E-state index in [9.17, 15) is 4.79 Å². The molecule has 1 aromatic rings. The number of hydrogen-bond donors (Lipinski definition) is 0. The van der Waals surface area contributed by atoms with Crippen molar-refractivity contribution in [3.05, 3.63) is 42.0 Å². The fourth-order valence-corrected chi connectivity index (χ4v) is 2.39. The topological polar surface area (TPSA) is 26.3 Å². The molecular weight excluding hydrogens is 212 g/mol. The second-order valence-electron chi connectivity index (χ2n) is 5.12. The normalized spacial score (nSPS) is 25.8. The molecule has 2 heteroatoms. The van der Waals surface area contributed by atoms with Gasteiger partial charge in [0, 0.05) is 0 Å². The zero-order valence-electron chi connectivity index (χ0n) is 10.5. The quantitative estimate of drug-likeness (QED) is 0.746. The van der Waals surface area contributed by atoms with Crippen LogP contribution in [0, 0.1) is 17.3 Å². The Morgan fingerprint density at radius 3 is 2.53 bits per heavy atom. The van der Waals surface area contributed by atoms with Crippen LogP contribution in [0.3, 0.4) is 0 Å². The van der Waals surface area contributed by atoms with Crippen LogP contribution >= 0.6 is 0 Å². The molecule has 0 saturated heterocycles. The van der Waals surface area contributed by atoms with Gasteiger partial charge in [-0.05, 0) is 16.9 Å². The molecule has 90 valence electrons. The molecule has 17 heavy (non-hydrogen) atoms. The highest BCUT2D eigenvalue weighted by Crippen LogP contribution is 2.59. The third kappa shape index (κ3) is 2.26. The van der Waals surface area contributed by atoms with Gasteiger partial charge in [-0.15, -0.1) is 0 Å². The standard InChI is InChI=1S/C15H18O2/c1-15(2)12(13(15)14(16)17-3)10-9-11-7-5-4-6-8-11/h4-10,12-13H,1-3H3/b10-9+. The Labute approximate surface area is 102 Å². The Balaban J connectivity index is 2.06. The number of hydrogen-bond acceptors (Lipinski definition) is 2. The predicted octanol–water partition coefficient (Wildman–Crippen LogP) is 3.15. The van der Waals surface area contributed by atoms with Gasteiger partial charge in [0.15, 0.2) is 0 Å². The van der Waals surface area contributed by atoms with E-state index in [-0.39, 0.29) is 23.2 Å². The Morgan fingerprint density at radius 1 is 1.29 bits per heavy atom. The van der Waals surface area contributed by atoms with Crippen LogP contribution in [0.1, 0.15) is 19.4 Å². The zero-order valence-corrected chi connectivity index (χ0v) is 10.5. The van der Waals surface area contributed by atoms with Gasteiger partial charge in [0.2, 0.25) is 0 Å². The summed E-state index contributed by atoms with van der Waals surface area (Å²) in [5.41, 5.74) is 1.19. The molecule has 0 aliphatic heterocycles. The van der Waals surface area contributed by atoms with Crippen molar-refractivity contribution in [3.63, 3.8) is 0 Å². The van der Waals surface area contributed by atoms with Crippen LogP contribution < -0.4 is 0 Å². The summed E-state index contributed by atoms with van der Waals surface area (Å²) in [7, 11) is 1.45. The molecule has 0 N–H and O–H groups in total. The summed E-state index contributed by atoms with van der Waals surface area (Å²) >= 11 is 0. The maximum absolute atomic E-state index is 11.6. The third-order valence-electron chi connectivity index (χ3n) is 3.66. The van der Waals surface area contributed by atoms with E-state index in [4.69, 9.17) is 4.74 Å². The number of carbonyl (C=O) groups is 1. The van der Waals surface area contributed by atoms with E-state index >= 15 is 0 Å². The van der Waals surface area contributed by atoms with Crippen molar-refractivity contribution in [2.75, 3.05) is 7.11 Å². The number of benzene rings is 1. The molecule has 0 aromatic heterocycles. The van der Waals surface area contributed by atoms with Crippen LogP contribution in [-0.2, 0) is 9.53 Å². The first kappa shape index (κ1) is 11.9. The van der Waals surface area contributed by atoms with E-state index in [0.717, 1.165) is 0 Å². The minimum Gasteiger partial charge on any atom is -0.469 e. The van der Waals surface area contributed by atoms with E-state index in [1.165, 1.54) is 12.7 Å². The molecule has 1 aliphatic carbocycles. The molecule has 0 bridgehead atoms. The third-order valence-corrected chi connectivity index (χ3v) is 3.66. The van der Waals surface area contributed by atoms with Crippen LogP contribution in [-0.4, -0.2) is 13.1 Å². The van der Waals surface area contributed by atoms with E-state index in [0.29, 0.717) is 0 Å². The molecule has 0 spiro atoms. The molecule has 0 amide bonds. The molecule has 2 nitrogen and oxygen atoms in total. The highest BCUT2D eigenvalue weighted by Gasteiger charge is 2.61. The monoisotopic (exact) mass is 230 g/mol. The lowest BCUT2D eigenvalue weighted by Crippen LogP contribution is -2.07. The first-order chi connectivity index (χ1) is 8.07. The van der Waals surface area contributed by atoms with Gasteiger partial charge in [0.25, 0.3) is 0 Å². The Hall–Kier alpha value is -1.57. The van der Waals surface area contributed by atoms with E-state index in [2.05, 4.69) is 38.1 Å². The lowest BCUT2D eigenvalue weighted by atomic mass is 10.1. The van der Waals surface area contributed by atoms with Crippen molar-refractivity contribution >= 4 is 12.0 Å². The number of ether oxygens (including phenoxy) is 1. The van der Waals surface area contributed by atoms with Crippen LogP contribution in [0.2, 0.25) is 0 Å². The zero-order chi connectivity index (χ0) is 12.5. The number of carbonyl (C=O) groups excluding carboxylic acids is 1. The molecule has 1 saturated carbocycles. The average Bonchev–Trinajstić information content (AvgIpc) is 2.89. The van der Waals surface area contributed by atoms with Crippen LogP contribution in [0.25, 0.3) is 6.08 Å². The minimum atomic E-state index is -0.0993. The first-order valence-corrected chi connectivity index (χ1v) is 5.88. The second-order valence-corrected chi connectivity index (χ2v) is 5.12. The van der Waals surface area contributed by atoms with Crippen LogP contribution in [0.15, 0.2) is 36.4 Å². The summed E-state index contributed by atoms with van der Waals surface area (Å²) in [6.07, 6.45) is 4.20. The molecule has 1 aromatic carbocycles. The minimum absolute atomic E-state index is 0.00691. The molecule has 2 rings (SSSR count). The van der Waals surface area contributed by atoms with Crippen molar-refractivity contribution in [1.29, 1.82) is 0 Å². The maximum atomic E-state index is 11.6. The van der Waals surface area contributed by atoms with Gasteiger partial charge in [-0.1, -0.05) is 56.3 Å². The average molecular weight is 230 g/mol. The summed E-state index contributed by atoms with van der Waals surface area (Å²) < 4.78 is 4.82. The van der Waals surface area contributed by atoms with Gasteiger partial charge in [0.1, 0.15) is 0 Å². The summed E-state index contributed by atoms with van der Waals surface area (Å²) in [4.78, 5) is 11.6. The van der Waals surface area contributed by atoms with Crippen molar-refractivity contribution in [3.8, 4) is 0 Å². The smallest absolute Gasteiger partial charge is 0.309 e. The summed E-state index contributed by atoms with van der Waals surface area (Å²) in [5, 5.41) is 0. The van der Waals surface area contributed by atoms with Crippen molar-refractivity contribution < 1.29 is 9.53 Å². The molecule has 2 atom stereocenters. The highest BCUT2D eigenvalue weighted by molar-refractivity contribution is 5.78. The van der Waals surface area contributed by atoms with Gasteiger partial charge < -0.3 is 4.74 Å². The van der Waals surface area contributed by atoms with Crippen molar-refractivity contribution in [1.82, 2.24) is 0 Å². The number of rotatable bonds is 3. The Bertz CT molecular complexity index is 431. The molecule has 2 unspecified atom stereocenters. The fourth-order valence-electron chi connectivity index (χ4n) is 2.39. The number of methoxy groups -OCH3 is 1. The Kier molecular flexibility index (Phi) is 3.05. The van der Waals surface area contributed by atoms with Gasteiger partial charge in [-0.2, -0.15) is 0 Å². The summed E-state index contributed by atoms with van der Waals surface area (Å²) in [6, 6.07) is 10.1. The van der Waals surface area contributed by atoms with E-state index < -0.39 is 0 Å². The summed E-state index contributed by atoms with van der Waals surface area (Å²) in [5.74, 6) is 0.195. The van der Waals surface area contributed by atoms with Gasteiger partial charge >= 0.3 is 5.97 Å². The van der Waals surface area contributed by atoms with Crippen molar-refractivity contribution in [2.45, 2.75) is 13.8 Å². The molecular formula is C15H18O2. The van der Waals surface area contributed by atoms with E-state index in [1.54, 1.807) is 0 Å². The Morgan fingerprint density at radius 2 is 1.94 bits per heavy atom. The molecule has 1 fully saturated rings. The molecule has 0 heterocycles. The molecule has 1 aliphatic rings. The summed E-state index contributed by atoms with van der Waals surface area (Å²) in [6.45, 7) is 4.21. The second kappa shape index (κ2) is 4.36. The van der Waals surface area contributed by atoms with E-state index in [1.807, 2.05) is 18.2 Å². The lowest BCUT2D eigenvalue weighted by molar-refractivity contribution is -0.143. The fraction of sp³-hybridized carbons (Fsp3) is 0.400. The van der Waals surface area contributed by atoms with Gasteiger partial charge in [-0.25, -0.2) is 0 Å². The van der Waals surface area contributed by atoms with Gasteiger partial charge in [0.05, 0.1) is 13.0 Å². The maximum Gasteiger partial charge on any atom is 0.309 e. The van der Waals surface area contributed by atoms with Crippen LogP contribution in [0.4, 0.5) is 0 Å². The lowest BCUT2D eigenvalue weighted by Gasteiger charge is -1.99. The van der Waals surface area contributed by atoms with Crippen LogP contribution in [0.5, 0.6) is 0 Å². The number of allylic oxidation sites excluding steroid dienone is 1. The first-order valence-electron chi connectivity index (χ1n) is 5.88. The SMILES string of the molecule is COC(=O)C1C(/C=C/c2ccccc2)C1(C)C. The van der Waals surface area contributed by atoms with Crippen molar-refractivity contribution in [2.24, 2.45) is 17.3 Å². The largest absolute Gasteiger partial charge is 0.469 e. The predicted molar refractivity (Wildman–Crippen MR) is 68.3 cm³/mol. The number of esters is 1. The molecule has 0 radical (unpaired) electrons. The van der Waals surface area contributed by atoms with Gasteiger partial charge in [-0.3, -0.25) is 4.79 Å². The highest BCUT2D eigenvalue weighted by atomic mass is 16.5.